The summed E-state index contributed by atoms with van der Waals surface area (Å²) in [5, 5.41) is 9.73. The predicted molar refractivity (Wildman–Crippen MR) is 75.7 cm³/mol. The van der Waals surface area contributed by atoms with E-state index in [1.54, 1.807) is 6.07 Å². The number of phenols is 1. The summed E-state index contributed by atoms with van der Waals surface area (Å²) >= 11 is 0. The molecule has 0 fully saturated rings. The van der Waals surface area contributed by atoms with Gasteiger partial charge < -0.3 is 9.52 Å². The number of hydrogen-bond acceptors (Lipinski definition) is 3. The lowest BCUT2D eigenvalue weighted by Gasteiger charge is -2.08. The summed E-state index contributed by atoms with van der Waals surface area (Å²) in [6.45, 7) is 2.20. The Hall–Kier alpha value is -1.77. The van der Waals surface area contributed by atoms with Crippen LogP contribution in [-0.2, 0) is 6.42 Å². The number of fused-ring (bicyclic) bond motifs is 1. The summed E-state index contributed by atoms with van der Waals surface area (Å²) in [6.07, 6.45) is 6.87. The number of aromatic hydroxyl groups is 1. The Balaban J connectivity index is 2.07. The van der Waals surface area contributed by atoms with E-state index >= 15 is 0 Å². The van der Waals surface area contributed by atoms with Gasteiger partial charge in [-0.3, -0.25) is 4.79 Å². The molecule has 1 aliphatic heterocycles. The SMILES string of the molecule is CCCCCCCc1ccc2c(=O)ccc(O)c-2o1. The lowest BCUT2D eigenvalue weighted by Crippen LogP contribution is -2.04. The average molecular weight is 260 g/mol. The van der Waals surface area contributed by atoms with Crippen LogP contribution in [0, 0.1) is 0 Å². The minimum Gasteiger partial charge on any atom is -0.504 e. The fourth-order valence-electron chi connectivity index (χ4n) is 2.21. The van der Waals surface area contributed by atoms with Crippen LogP contribution in [0.25, 0.3) is 11.3 Å². The van der Waals surface area contributed by atoms with Gasteiger partial charge in [-0.15, -0.1) is 0 Å². The second-order valence-electron chi connectivity index (χ2n) is 4.89. The molecule has 0 unspecified atom stereocenters. The first kappa shape index (κ1) is 13.7. The fraction of sp³-hybridized carbons (Fsp3) is 0.438. The van der Waals surface area contributed by atoms with Crippen molar-refractivity contribution in [1.29, 1.82) is 0 Å². The van der Waals surface area contributed by atoms with Crippen LogP contribution < -0.4 is 5.43 Å². The van der Waals surface area contributed by atoms with Crippen LogP contribution in [-0.4, -0.2) is 5.11 Å². The molecule has 2 aliphatic rings. The first-order valence-electron chi connectivity index (χ1n) is 6.97. The van der Waals surface area contributed by atoms with Crippen LogP contribution in [0.4, 0.5) is 0 Å². The third-order valence-electron chi connectivity index (χ3n) is 3.33. The van der Waals surface area contributed by atoms with Crippen LogP contribution in [0.15, 0.2) is 33.5 Å². The van der Waals surface area contributed by atoms with Gasteiger partial charge in [0, 0.05) is 6.42 Å². The monoisotopic (exact) mass is 260 g/mol. The van der Waals surface area contributed by atoms with Crippen molar-refractivity contribution < 1.29 is 9.52 Å². The van der Waals surface area contributed by atoms with Crippen LogP contribution in [0.2, 0.25) is 0 Å². The quantitative estimate of drug-likeness (QED) is 0.800. The highest BCUT2D eigenvalue weighted by molar-refractivity contribution is 5.65. The highest BCUT2D eigenvalue weighted by Gasteiger charge is 2.13. The van der Waals surface area contributed by atoms with Crippen molar-refractivity contribution in [1.82, 2.24) is 0 Å². The van der Waals surface area contributed by atoms with E-state index < -0.39 is 0 Å². The minimum absolute atomic E-state index is 0.0300. The first-order chi connectivity index (χ1) is 9.22. The smallest absolute Gasteiger partial charge is 0.189 e. The maximum Gasteiger partial charge on any atom is 0.189 e. The third kappa shape index (κ3) is 3.37. The van der Waals surface area contributed by atoms with E-state index in [1.807, 2.05) is 6.07 Å². The summed E-state index contributed by atoms with van der Waals surface area (Å²) in [6, 6.07) is 6.32. The molecule has 1 heterocycles. The number of unbranched alkanes of at least 4 members (excludes halogenated alkanes) is 4. The Morgan fingerprint density at radius 1 is 1.05 bits per heavy atom. The Morgan fingerprint density at radius 2 is 1.84 bits per heavy atom. The van der Waals surface area contributed by atoms with Gasteiger partial charge >= 0.3 is 0 Å². The van der Waals surface area contributed by atoms with Crippen LogP contribution in [0.1, 0.15) is 44.8 Å². The molecule has 0 saturated carbocycles. The molecule has 3 nitrogen and oxygen atoms in total. The summed E-state index contributed by atoms with van der Waals surface area (Å²) in [5.74, 6) is 1.16. The predicted octanol–water partition coefficient (Wildman–Crippen LogP) is 3.96. The zero-order valence-corrected chi connectivity index (χ0v) is 11.3. The van der Waals surface area contributed by atoms with Crippen molar-refractivity contribution in [2.75, 3.05) is 0 Å². The highest BCUT2D eigenvalue weighted by Crippen LogP contribution is 2.29. The van der Waals surface area contributed by atoms with Gasteiger partial charge in [0.1, 0.15) is 5.76 Å². The molecule has 1 aliphatic carbocycles. The van der Waals surface area contributed by atoms with Gasteiger partial charge in [-0.05, 0) is 30.7 Å². The Labute approximate surface area is 113 Å². The molecular formula is C16H20O3. The van der Waals surface area contributed by atoms with Gasteiger partial charge in [-0.2, -0.15) is 0 Å². The van der Waals surface area contributed by atoms with Crippen LogP contribution in [0.3, 0.4) is 0 Å². The highest BCUT2D eigenvalue weighted by atomic mass is 16.4. The van der Waals surface area contributed by atoms with Crippen LogP contribution in [0.5, 0.6) is 5.75 Å². The molecule has 0 saturated heterocycles. The van der Waals surface area contributed by atoms with Crippen molar-refractivity contribution in [3.63, 3.8) is 0 Å². The van der Waals surface area contributed by atoms with Gasteiger partial charge in [0.05, 0.1) is 5.56 Å². The van der Waals surface area contributed by atoms with Crippen molar-refractivity contribution >= 4 is 0 Å². The number of aryl methyl sites for hydroxylation is 1. The van der Waals surface area contributed by atoms with Crippen molar-refractivity contribution in [3.8, 4) is 17.1 Å². The molecule has 19 heavy (non-hydrogen) atoms. The van der Waals surface area contributed by atoms with Gasteiger partial charge in [0.15, 0.2) is 16.9 Å². The fourth-order valence-corrected chi connectivity index (χ4v) is 2.21. The molecule has 0 radical (unpaired) electrons. The molecule has 0 spiro atoms. The molecule has 3 heteroatoms. The Kier molecular flexibility index (Phi) is 4.61. The third-order valence-corrected chi connectivity index (χ3v) is 3.33. The number of rotatable bonds is 6. The number of phenolic OH excluding ortho intramolecular Hbond substituents is 1. The molecule has 0 atom stereocenters. The molecule has 0 bridgehead atoms. The molecule has 0 amide bonds. The topological polar surface area (TPSA) is 50.4 Å². The van der Waals surface area contributed by atoms with E-state index in [4.69, 9.17) is 4.42 Å². The first-order valence-corrected chi connectivity index (χ1v) is 6.97. The van der Waals surface area contributed by atoms with Gasteiger partial charge in [0.25, 0.3) is 0 Å². The Morgan fingerprint density at radius 3 is 2.63 bits per heavy atom. The number of hydrogen-bond donors (Lipinski definition) is 1. The van der Waals surface area contributed by atoms with Crippen molar-refractivity contribution in [2.24, 2.45) is 0 Å². The normalized spacial score (nSPS) is 11.0. The van der Waals surface area contributed by atoms with E-state index in [0.717, 1.165) is 18.6 Å². The summed E-state index contributed by atoms with van der Waals surface area (Å²) in [7, 11) is 0. The van der Waals surface area contributed by atoms with Crippen molar-refractivity contribution in [2.45, 2.75) is 45.4 Å². The summed E-state index contributed by atoms with van der Waals surface area (Å²) < 4.78 is 5.63. The maximum atomic E-state index is 11.6. The lowest BCUT2D eigenvalue weighted by molar-refractivity contribution is 0.429. The van der Waals surface area contributed by atoms with E-state index in [1.165, 1.54) is 37.8 Å². The van der Waals surface area contributed by atoms with E-state index in [2.05, 4.69) is 6.92 Å². The molecule has 0 aromatic rings. The lowest BCUT2D eigenvalue weighted by atomic mass is 10.1. The largest absolute Gasteiger partial charge is 0.504 e. The maximum absolute atomic E-state index is 11.6. The standard InChI is InChI=1S/C16H20O3/c1-2-3-4-5-6-7-12-8-9-13-14(17)10-11-15(18)16(13)19-12/h8-11,18H,2-7H2,1H3. The Bertz CT molecular complexity index is 557. The van der Waals surface area contributed by atoms with Gasteiger partial charge in [-0.1, -0.05) is 32.6 Å². The van der Waals surface area contributed by atoms with E-state index in [-0.39, 0.29) is 11.2 Å². The minimum atomic E-state index is -0.119. The average Bonchev–Trinajstić information content (AvgIpc) is 2.43. The summed E-state index contributed by atoms with van der Waals surface area (Å²) in [4.78, 5) is 11.6. The zero-order valence-electron chi connectivity index (χ0n) is 11.3. The number of benzene rings is 1. The summed E-state index contributed by atoms with van der Waals surface area (Å²) in [5.41, 5.74) is 0.320. The second-order valence-corrected chi connectivity index (χ2v) is 4.89. The van der Waals surface area contributed by atoms with Gasteiger partial charge in [-0.25, -0.2) is 0 Å². The van der Waals surface area contributed by atoms with E-state index in [0.29, 0.717) is 11.3 Å². The molecule has 1 N–H and O–H groups in total. The molecule has 0 aromatic heterocycles. The molecule has 0 aromatic carbocycles. The molecule has 102 valence electrons. The molecular weight excluding hydrogens is 240 g/mol. The second kappa shape index (κ2) is 6.41. The van der Waals surface area contributed by atoms with E-state index in [9.17, 15) is 9.90 Å². The van der Waals surface area contributed by atoms with Gasteiger partial charge in [0.2, 0.25) is 0 Å². The van der Waals surface area contributed by atoms with Crippen LogP contribution >= 0.6 is 0 Å². The van der Waals surface area contributed by atoms with Crippen molar-refractivity contribution in [3.05, 3.63) is 40.2 Å². The zero-order chi connectivity index (χ0) is 13.7. The molecule has 2 rings (SSSR count).